The Morgan fingerprint density at radius 2 is 0.981 bits per heavy atom. The molecule has 4 heteroatoms. The SMILES string of the molecule is c1ccc(-c2cccc(-c3nc(-c4ccccc4)nc4c3sc3cc(-c5ccc6cc(-n7c8ccccc8c8ccccc87)ccc6c5)ccc34)c2)cc1. The van der Waals surface area contributed by atoms with Crippen molar-refractivity contribution in [3.8, 4) is 50.6 Å². The van der Waals surface area contributed by atoms with E-state index in [9.17, 15) is 0 Å². The number of thiophene rings is 1. The van der Waals surface area contributed by atoms with Crippen molar-refractivity contribution in [3.63, 3.8) is 0 Å². The Labute approximate surface area is 316 Å². The minimum Gasteiger partial charge on any atom is -0.309 e. The van der Waals surface area contributed by atoms with Crippen LogP contribution in [0.1, 0.15) is 0 Å². The molecule has 0 atom stereocenters. The Balaban J connectivity index is 1.02. The van der Waals surface area contributed by atoms with E-state index in [1.165, 1.54) is 65.2 Å². The van der Waals surface area contributed by atoms with E-state index in [4.69, 9.17) is 9.97 Å². The Hall–Kier alpha value is -6.88. The van der Waals surface area contributed by atoms with E-state index in [1.807, 2.05) is 18.2 Å². The summed E-state index contributed by atoms with van der Waals surface area (Å²) >= 11 is 1.78. The first kappa shape index (κ1) is 30.7. The minimum absolute atomic E-state index is 0.738. The second-order valence-corrected chi connectivity index (χ2v) is 14.9. The molecule has 0 aliphatic rings. The van der Waals surface area contributed by atoms with Crippen LogP contribution < -0.4 is 0 Å². The fraction of sp³-hybridized carbons (Fsp3) is 0. The van der Waals surface area contributed by atoms with E-state index >= 15 is 0 Å². The number of hydrogen-bond acceptors (Lipinski definition) is 3. The Bertz CT molecular complexity index is 3160. The van der Waals surface area contributed by atoms with Gasteiger partial charge in [0.1, 0.15) is 0 Å². The van der Waals surface area contributed by atoms with E-state index in [0.29, 0.717) is 0 Å². The lowest BCUT2D eigenvalue weighted by Gasteiger charge is -2.10. The molecule has 0 N–H and O–H groups in total. The lowest BCUT2D eigenvalue weighted by molar-refractivity contribution is 1.19. The van der Waals surface area contributed by atoms with Crippen LogP contribution in [0.3, 0.4) is 0 Å². The monoisotopic (exact) mass is 705 g/mol. The van der Waals surface area contributed by atoms with Crippen molar-refractivity contribution in [1.82, 2.24) is 14.5 Å². The number of fused-ring (bicyclic) bond motifs is 7. The molecule has 8 aromatic carbocycles. The summed E-state index contributed by atoms with van der Waals surface area (Å²) in [6.07, 6.45) is 0. The lowest BCUT2D eigenvalue weighted by atomic mass is 9.99. The molecule has 11 rings (SSSR count). The van der Waals surface area contributed by atoms with Gasteiger partial charge in [0.15, 0.2) is 5.82 Å². The van der Waals surface area contributed by atoms with Gasteiger partial charge in [0.05, 0.1) is 26.9 Å². The van der Waals surface area contributed by atoms with Gasteiger partial charge in [-0.2, -0.15) is 0 Å². The Kier molecular flexibility index (Phi) is 7.04. The Morgan fingerprint density at radius 3 is 1.76 bits per heavy atom. The summed E-state index contributed by atoms with van der Waals surface area (Å²) in [5.41, 5.74) is 12.4. The van der Waals surface area contributed by atoms with E-state index in [1.54, 1.807) is 11.3 Å². The zero-order valence-corrected chi connectivity index (χ0v) is 30.0. The van der Waals surface area contributed by atoms with Gasteiger partial charge >= 0.3 is 0 Å². The van der Waals surface area contributed by atoms with Gasteiger partial charge in [0.25, 0.3) is 0 Å². The summed E-state index contributed by atoms with van der Waals surface area (Å²) in [4.78, 5) is 10.5. The zero-order chi connectivity index (χ0) is 35.6. The predicted molar refractivity (Wildman–Crippen MR) is 229 cm³/mol. The molecule has 0 bridgehead atoms. The molecule has 0 saturated heterocycles. The van der Waals surface area contributed by atoms with Crippen molar-refractivity contribution < 1.29 is 0 Å². The van der Waals surface area contributed by atoms with Gasteiger partial charge in [-0.15, -0.1) is 11.3 Å². The van der Waals surface area contributed by atoms with Gasteiger partial charge in [0.2, 0.25) is 0 Å². The topological polar surface area (TPSA) is 30.7 Å². The van der Waals surface area contributed by atoms with Crippen molar-refractivity contribution in [3.05, 3.63) is 188 Å². The van der Waals surface area contributed by atoms with Crippen LogP contribution in [0.2, 0.25) is 0 Å². The van der Waals surface area contributed by atoms with Crippen LogP contribution in [0.4, 0.5) is 0 Å². The van der Waals surface area contributed by atoms with Crippen molar-refractivity contribution in [1.29, 1.82) is 0 Å². The molecule has 0 aliphatic heterocycles. The summed E-state index contributed by atoms with van der Waals surface area (Å²) in [6.45, 7) is 0. The van der Waals surface area contributed by atoms with Gasteiger partial charge in [-0.1, -0.05) is 146 Å². The van der Waals surface area contributed by atoms with E-state index in [-0.39, 0.29) is 0 Å². The van der Waals surface area contributed by atoms with Crippen LogP contribution in [0.15, 0.2) is 188 Å². The maximum absolute atomic E-state index is 5.24. The average molecular weight is 706 g/mol. The third-order valence-electron chi connectivity index (χ3n) is 10.6. The maximum Gasteiger partial charge on any atom is 0.160 e. The molecule has 0 unspecified atom stereocenters. The Morgan fingerprint density at radius 1 is 0.389 bits per heavy atom. The van der Waals surface area contributed by atoms with Crippen molar-refractivity contribution in [2.45, 2.75) is 0 Å². The van der Waals surface area contributed by atoms with Crippen LogP contribution in [0.25, 0.3) is 103 Å². The summed E-state index contributed by atoms with van der Waals surface area (Å²) in [5.74, 6) is 0.738. The molecule has 0 spiro atoms. The standard InChI is InChI=1S/C50H31N3S/c1-3-12-32(13-4-1)34-16-11-17-39(29-34)47-49-48(52-50(51-47)33-14-5-2-6-15-33)43-27-25-38(31-46(43)54-49)35-22-23-37-30-40(26-24-36(37)28-35)53-44-20-9-7-18-41(44)42-19-8-10-21-45(42)53/h1-31H. The van der Waals surface area contributed by atoms with Gasteiger partial charge < -0.3 is 4.57 Å². The fourth-order valence-corrected chi connectivity index (χ4v) is 9.16. The highest BCUT2D eigenvalue weighted by Gasteiger charge is 2.18. The van der Waals surface area contributed by atoms with Crippen LogP contribution in [-0.2, 0) is 0 Å². The molecule has 252 valence electrons. The molecule has 0 aliphatic carbocycles. The number of nitrogens with zero attached hydrogens (tertiary/aromatic N) is 3. The predicted octanol–water partition coefficient (Wildman–Crippen LogP) is 13.8. The van der Waals surface area contributed by atoms with E-state index in [0.717, 1.165) is 38.2 Å². The first-order valence-corrected chi connectivity index (χ1v) is 19.1. The molecule has 3 nitrogen and oxygen atoms in total. The molecule has 0 radical (unpaired) electrons. The third-order valence-corrected chi connectivity index (χ3v) is 11.7. The highest BCUT2D eigenvalue weighted by Crippen LogP contribution is 2.42. The molecule has 0 fully saturated rings. The summed E-state index contributed by atoms with van der Waals surface area (Å²) in [7, 11) is 0. The van der Waals surface area contributed by atoms with Gasteiger partial charge in [-0.3, -0.25) is 0 Å². The largest absolute Gasteiger partial charge is 0.309 e. The minimum atomic E-state index is 0.738. The van der Waals surface area contributed by atoms with Crippen LogP contribution in [0, 0.1) is 0 Å². The first-order valence-electron chi connectivity index (χ1n) is 18.2. The second-order valence-electron chi connectivity index (χ2n) is 13.8. The second kappa shape index (κ2) is 12.4. The zero-order valence-electron chi connectivity index (χ0n) is 29.1. The van der Waals surface area contributed by atoms with Crippen molar-refractivity contribution in [2.75, 3.05) is 0 Å². The summed E-state index contributed by atoms with van der Waals surface area (Å²) < 4.78 is 4.68. The van der Waals surface area contributed by atoms with Crippen LogP contribution >= 0.6 is 11.3 Å². The van der Waals surface area contributed by atoms with E-state index < -0.39 is 0 Å². The quantitative estimate of drug-likeness (QED) is 0.178. The molecular formula is C50H31N3S. The average Bonchev–Trinajstić information content (AvgIpc) is 3.79. The van der Waals surface area contributed by atoms with Crippen LogP contribution in [0.5, 0.6) is 0 Å². The molecule has 3 aromatic heterocycles. The molecule has 11 aromatic rings. The van der Waals surface area contributed by atoms with Gasteiger partial charge in [-0.25, -0.2) is 9.97 Å². The maximum atomic E-state index is 5.24. The fourth-order valence-electron chi connectivity index (χ4n) is 7.96. The number of benzene rings is 8. The summed E-state index contributed by atoms with van der Waals surface area (Å²) in [5, 5.41) is 6.13. The molecule has 0 saturated carbocycles. The summed E-state index contributed by atoms with van der Waals surface area (Å²) in [6, 6.07) is 67.3. The number of hydrogen-bond donors (Lipinski definition) is 0. The number of aromatic nitrogens is 3. The smallest absolute Gasteiger partial charge is 0.160 e. The van der Waals surface area contributed by atoms with Crippen LogP contribution in [-0.4, -0.2) is 14.5 Å². The highest BCUT2D eigenvalue weighted by atomic mass is 32.1. The van der Waals surface area contributed by atoms with Gasteiger partial charge in [0, 0.05) is 37.7 Å². The molecule has 3 heterocycles. The molecular weight excluding hydrogens is 675 g/mol. The normalized spacial score (nSPS) is 11.7. The number of para-hydroxylation sites is 2. The molecule has 54 heavy (non-hydrogen) atoms. The first-order chi connectivity index (χ1) is 26.7. The third kappa shape index (κ3) is 5.03. The van der Waals surface area contributed by atoms with E-state index in [2.05, 4.69) is 174 Å². The highest BCUT2D eigenvalue weighted by molar-refractivity contribution is 7.26. The van der Waals surface area contributed by atoms with Crippen molar-refractivity contribution in [2.24, 2.45) is 0 Å². The number of rotatable bonds is 5. The van der Waals surface area contributed by atoms with Gasteiger partial charge in [-0.05, 0) is 75.5 Å². The molecule has 0 amide bonds. The lowest BCUT2D eigenvalue weighted by Crippen LogP contribution is -1.93. The van der Waals surface area contributed by atoms with Crippen molar-refractivity contribution >= 4 is 64.2 Å².